The number of aliphatic carboxylic acids is 1. The third-order valence-electron chi connectivity index (χ3n) is 2.77. The van der Waals surface area contributed by atoms with Gasteiger partial charge in [-0.1, -0.05) is 0 Å². The lowest BCUT2D eigenvalue weighted by atomic mass is 10.3. The summed E-state index contributed by atoms with van der Waals surface area (Å²) in [4.78, 5) is 29.8. The molecule has 0 aliphatic carbocycles. The monoisotopic (exact) mass is 388 g/mol. The van der Waals surface area contributed by atoms with Crippen LogP contribution in [0, 0.1) is 0 Å². The Hall–Kier alpha value is -1.25. The number of carboxylic acid groups (broad SMARTS) is 1. The summed E-state index contributed by atoms with van der Waals surface area (Å²) in [5.74, 6) is -1.14. The molecule has 0 aliphatic rings. The fourth-order valence-electron chi connectivity index (χ4n) is 1.71. The van der Waals surface area contributed by atoms with Gasteiger partial charge in [-0.05, 0) is 28.9 Å². The highest BCUT2D eigenvalue weighted by Gasteiger charge is 2.19. The number of amides is 1. The number of hydrogen-bond donors (Lipinski definition) is 1. The molecule has 1 N–H and O–H groups in total. The first-order valence-corrected chi connectivity index (χ1v) is 8.77. The van der Waals surface area contributed by atoms with E-state index in [1.807, 2.05) is 18.4 Å². The molecule has 0 saturated carbocycles. The molecule has 0 saturated heterocycles. The number of carbonyl (C=O) groups excluding carboxylic acids is 1. The van der Waals surface area contributed by atoms with Crippen LogP contribution in [0.2, 0.25) is 0 Å². The molecule has 0 radical (unpaired) electrons. The van der Waals surface area contributed by atoms with Gasteiger partial charge >= 0.3 is 5.97 Å². The second-order valence-electron chi connectivity index (χ2n) is 4.20. The smallest absolute Gasteiger partial charge is 0.305 e. The van der Waals surface area contributed by atoms with Gasteiger partial charge in [-0.25, -0.2) is 4.98 Å². The van der Waals surface area contributed by atoms with Crippen molar-refractivity contribution >= 4 is 50.5 Å². The molecule has 2 aromatic rings. The molecular weight excluding hydrogens is 376 g/mol. The standard InChI is InChI=1S/C13H13BrN2O3S2/c1-2-16(4-3-11(17)18)13(19)9-7-21-12(15-9)10-5-8(14)6-20-10/h5-7H,2-4H2,1H3,(H,17,18). The first-order chi connectivity index (χ1) is 10.0. The van der Waals surface area contributed by atoms with E-state index in [4.69, 9.17) is 5.11 Å². The molecule has 0 fully saturated rings. The summed E-state index contributed by atoms with van der Waals surface area (Å²) >= 11 is 6.36. The number of hydrogen-bond acceptors (Lipinski definition) is 5. The normalized spacial score (nSPS) is 10.6. The van der Waals surface area contributed by atoms with Crippen molar-refractivity contribution in [2.75, 3.05) is 13.1 Å². The zero-order valence-corrected chi connectivity index (χ0v) is 14.4. The van der Waals surface area contributed by atoms with Crippen LogP contribution in [-0.4, -0.2) is 40.0 Å². The minimum absolute atomic E-state index is 0.0611. The van der Waals surface area contributed by atoms with Gasteiger partial charge in [0.1, 0.15) is 10.7 Å². The molecule has 2 aromatic heterocycles. The molecule has 0 spiro atoms. The van der Waals surface area contributed by atoms with Gasteiger partial charge in [0.2, 0.25) is 0 Å². The first kappa shape index (κ1) is 16.1. The molecular formula is C13H13BrN2O3S2. The molecule has 0 bridgehead atoms. The maximum absolute atomic E-state index is 12.3. The number of rotatable bonds is 6. The van der Waals surface area contributed by atoms with Crippen LogP contribution in [0.15, 0.2) is 21.3 Å². The molecule has 2 heterocycles. The number of aromatic nitrogens is 1. The van der Waals surface area contributed by atoms with Gasteiger partial charge in [0.25, 0.3) is 5.91 Å². The predicted octanol–water partition coefficient (Wildman–Crippen LogP) is 3.57. The average Bonchev–Trinajstić information content (AvgIpc) is 3.07. The van der Waals surface area contributed by atoms with E-state index in [0.717, 1.165) is 14.4 Å². The van der Waals surface area contributed by atoms with Crippen molar-refractivity contribution in [2.45, 2.75) is 13.3 Å². The third-order valence-corrected chi connectivity index (χ3v) is 5.47. The van der Waals surface area contributed by atoms with Crippen LogP contribution in [0.25, 0.3) is 9.88 Å². The van der Waals surface area contributed by atoms with E-state index in [-0.39, 0.29) is 18.9 Å². The minimum atomic E-state index is -0.913. The van der Waals surface area contributed by atoms with Gasteiger partial charge in [-0.2, -0.15) is 0 Å². The fraction of sp³-hybridized carbons (Fsp3) is 0.308. The highest BCUT2D eigenvalue weighted by molar-refractivity contribution is 9.10. The molecule has 8 heteroatoms. The zero-order chi connectivity index (χ0) is 15.4. The third kappa shape index (κ3) is 4.12. The van der Waals surface area contributed by atoms with Crippen LogP contribution in [0.5, 0.6) is 0 Å². The summed E-state index contributed by atoms with van der Waals surface area (Å²) in [6, 6.07) is 1.96. The van der Waals surface area contributed by atoms with E-state index in [2.05, 4.69) is 20.9 Å². The highest BCUT2D eigenvalue weighted by Crippen LogP contribution is 2.32. The Balaban J connectivity index is 2.12. The van der Waals surface area contributed by atoms with E-state index in [1.54, 1.807) is 16.7 Å². The molecule has 5 nitrogen and oxygen atoms in total. The molecule has 0 unspecified atom stereocenters. The lowest BCUT2D eigenvalue weighted by Gasteiger charge is -2.18. The van der Waals surface area contributed by atoms with Crippen molar-refractivity contribution in [2.24, 2.45) is 0 Å². The van der Waals surface area contributed by atoms with Crippen molar-refractivity contribution in [3.05, 3.63) is 27.0 Å². The summed E-state index contributed by atoms with van der Waals surface area (Å²) in [5, 5.41) is 13.2. The summed E-state index contributed by atoms with van der Waals surface area (Å²) < 4.78 is 0.988. The molecule has 2 rings (SSSR count). The summed E-state index contributed by atoms with van der Waals surface area (Å²) in [7, 11) is 0. The SMILES string of the molecule is CCN(CCC(=O)O)C(=O)c1csc(-c2cc(Br)cs2)n1. The first-order valence-electron chi connectivity index (χ1n) is 6.22. The predicted molar refractivity (Wildman–Crippen MR) is 87.0 cm³/mol. The van der Waals surface area contributed by atoms with E-state index >= 15 is 0 Å². The number of thiophene rings is 1. The summed E-state index contributed by atoms with van der Waals surface area (Å²) in [6.45, 7) is 2.48. The van der Waals surface area contributed by atoms with Crippen LogP contribution in [0.3, 0.4) is 0 Å². The number of carboxylic acids is 1. The Kier molecular flexibility index (Phi) is 5.49. The van der Waals surface area contributed by atoms with E-state index < -0.39 is 5.97 Å². The molecule has 0 aromatic carbocycles. The van der Waals surface area contributed by atoms with Crippen molar-refractivity contribution in [3.63, 3.8) is 0 Å². The van der Waals surface area contributed by atoms with Crippen LogP contribution < -0.4 is 0 Å². The Labute approximate surface area is 138 Å². The molecule has 0 atom stereocenters. The van der Waals surface area contributed by atoms with E-state index in [9.17, 15) is 9.59 Å². The number of thiazole rings is 1. The van der Waals surface area contributed by atoms with Crippen LogP contribution >= 0.6 is 38.6 Å². The molecule has 21 heavy (non-hydrogen) atoms. The zero-order valence-electron chi connectivity index (χ0n) is 11.2. The van der Waals surface area contributed by atoms with E-state index in [0.29, 0.717) is 12.2 Å². The van der Waals surface area contributed by atoms with Crippen molar-refractivity contribution in [3.8, 4) is 9.88 Å². The van der Waals surface area contributed by atoms with Gasteiger partial charge in [-0.3, -0.25) is 9.59 Å². The Morgan fingerprint density at radius 3 is 2.71 bits per heavy atom. The average molecular weight is 389 g/mol. The molecule has 0 aliphatic heterocycles. The summed E-state index contributed by atoms with van der Waals surface area (Å²) in [6.07, 6.45) is -0.0611. The lowest BCUT2D eigenvalue weighted by molar-refractivity contribution is -0.137. The lowest BCUT2D eigenvalue weighted by Crippen LogP contribution is -2.33. The Bertz CT molecular complexity index is 653. The Morgan fingerprint density at radius 1 is 1.38 bits per heavy atom. The highest BCUT2D eigenvalue weighted by atomic mass is 79.9. The summed E-state index contributed by atoms with van der Waals surface area (Å²) in [5.41, 5.74) is 0.367. The largest absolute Gasteiger partial charge is 0.481 e. The van der Waals surface area contributed by atoms with Crippen molar-refractivity contribution in [1.82, 2.24) is 9.88 Å². The number of nitrogens with zero attached hydrogens (tertiary/aromatic N) is 2. The maximum Gasteiger partial charge on any atom is 0.305 e. The molecule has 112 valence electrons. The van der Waals surface area contributed by atoms with Gasteiger partial charge in [-0.15, -0.1) is 22.7 Å². The quantitative estimate of drug-likeness (QED) is 0.820. The second kappa shape index (κ2) is 7.15. The van der Waals surface area contributed by atoms with Crippen LogP contribution in [0.4, 0.5) is 0 Å². The number of halogens is 1. The number of carbonyl (C=O) groups is 2. The van der Waals surface area contributed by atoms with Crippen LogP contribution in [0.1, 0.15) is 23.8 Å². The topological polar surface area (TPSA) is 70.5 Å². The van der Waals surface area contributed by atoms with Gasteiger partial charge < -0.3 is 10.0 Å². The van der Waals surface area contributed by atoms with Gasteiger partial charge in [0.05, 0.1) is 11.3 Å². The Morgan fingerprint density at radius 2 is 2.14 bits per heavy atom. The minimum Gasteiger partial charge on any atom is -0.481 e. The van der Waals surface area contributed by atoms with Crippen molar-refractivity contribution < 1.29 is 14.7 Å². The van der Waals surface area contributed by atoms with Crippen molar-refractivity contribution in [1.29, 1.82) is 0 Å². The second-order valence-corrected chi connectivity index (χ2v) is 6.88. The van der Waals surface area contributed by atoms with Gasteiger partial charge in [0.15, 0.2) is 0 Å². The van der Waals surface area contributed by atoms with Gasteiger partial charge in [0, 0.05) is 28.3 Å². The van der Waals surface area contributed by atoms with E-state index in [1.165, 1.54) is 16.2 Å². The maximum atomic E-state index is 12.3. The molecule has 1 amide bonds. The van der Waals surface area contributed by atoms with Crippen LogP contribution in [-0.2, 0) is 4.79 Å². The fourth-order valence-corrected chi connectivity index (χ4v) is 4.01.